The van der Waals surface area contributed by atoms with Gasteiger partial charge in [0.05, 0.1) is 13.2 Å². The van der Waals surface area contributed by atoms with E-state index in [9.17, 15) is 9.59 Å². The van der Waals surface area contributed by atoms with Crippen molar-refractivity contribution in [2.24, 2.45) is 0 Å². The molecule has 1 saturated heterocycles. The molecule has 0 saturated carbocycles. The maximum Gasteiger partial charge on any atom is 0.359 e. The average Bonchev–Trinajstić information content (AvgIpc) is 3.20. The van der Waals surface area contributed by atoms with Crippen LogP contribution in [0.3, 0.4) is 0 Å². The predicted molar refractivity (Wildman–Crippen MR) is 103 cm³/mol. The zero-order valence-electron chi connectivity index (χ0n) is 14.8. The van der Waals surface area contributed by atoms with Crippen LogP contribution < -0.4 is 5.32 Å². The summed E-state index contributed by atoms with van der Waals surface area (Å²) in [5, 5.41) is 5.22. The Labute approximate surface area is 161 Å². The van der Waals surface area contributed by atoms with Gasteiger partial charge in [-0.15, -0.1) is 17.9 Å². The molecular formula is C19H21N3O4S. The summed E-state index contributed by atoms with van der Waals surface area (Å²) in [4.78, 5) is 31.4. The van der Waals surface area contributed by atoms with Crippen LogP contribution in [-0.2, 0) is 14.3 Å². The van der Waals surface area contributed by atoms with Gasteiger partial charge in [-0.1, -0.05) is 36.4 Å². The Kier molecular flexibility index (Phi) is 6.56. The molecule has 1 aromatic heterocycles. The van der Waals surface area contributed by atoms with Crippen molar-refractivity contribution in [1.29, 1.82) is 0 Å². The lowest BCUT2D eigenvalue weighted by Crippen LogP contribution is -2.44. The van der Waals surface area contributed by atoms with E-state index < -0.39 is 12.1 Å². The van der Waals surface area contributed by atoms with Crippen LogP contribution in [0, 0.1) is 0 Å². The van der Waals surface area contributed by atoms with Crippen LogP contribution in [0.25, 0.3) is 0 Å². The van der Waals surface area contributed by atoms with Gasteiger partial charge in [-0.05, 0) is 0 Å². The first-order valence-electron chi connectivity index (χ1n) is 8.62. The molecule has 27 heavy (non-hydrogen) atoms. The van der Waals surface area contributed by atoms with E-state index in [0.29, 0.717) is 43.5 Å². The molecule has 2 aromatic rings. The van der Waals surface area contributed by atoms with E-state index in [1.54, 1.807) is 28.5 Å². The van der Waals surface area contributed by atoms with E-state index >= 15 is 0 Å². The Balaban J connectivity index is 1.76. The molecule has 1 N–H and O–H groups in total. The maximum absolute atomic E-state index is 13.0. The molecule has 2 heterocycles. The normalized spacial score (nSPS) is 15.0. The number of aromatic nitrogens is 1. The number of ether oxygens (including phenoxy) is 2. The number of carbonyl (C=O) groups is 2. The summed E-state index contributed by atoms with van der Waals surface area (Å²) in [5.74, 6) is -0.883. The van der Waals surface area contributed by atoms with Crippen molar-refractivity contribution in [2.75, 3.05) is 38.2 Å². The van der Waals surface area contributed by atoms with Crippen LogP contribution >= 0.6 is 11.3 Å². The molecule has 0 aliphatic carbocycles. The molecule has 8 heteroatoms. The van der Waals surface area contributed by atoms with Gasteiger partial charge in [0.15, 0.2) is 10.8 Å². The molecule has 1 aliphatic heterocycles. The van der Waals surface area contributed by atoms with Crippen molar-refractivity contribution in [3.8, 4) is 0 Å². The summed E-state index contributed by atoms with van der Waals surface area (Å²) in [5.41, 5.74) is 0.796. The smallest absolute Gasteiger partial charge is 0.359 e. The number of hydrogen-bond donors (Lipinski definition) is 1. The van der Waals surface area contributed by atoms with Crippen molar-refractivity contribution in [2.45, 2.75) is 6.10 Å². The first kappa shape index (κ1) is 19.1. The van der Waals surface area contributed by atoms with Crippen molar-refractivity contribution in [3.63, 3.8) is 0 Å². The highest BCUT2D eigenvalue weighted by Crippen LogP contribution is 2.24. The number of amides is 1. The summed E-state index contributed by atoms with van der Waals surface area (Å²) >= 11 is 1.29. The third-order valence-electron chi connectivity index (χ3n) is 3.99. The Morgan fingerprint density at radius 1 is 1.33 bits per heavy atom. The van der Waals surface area contributed by atoms with Crippen molar-refractivity contribution in [1.82, 2.24) is 9.88 Å². The molecule has 7 nitrogen and oxygen atoms in total. The molecule has 1 aromatic carbocycles. The zero-order valence-corrected chi connectivity index (χ0v) is 15.6. The number of nitrogens with zero attached hydrogens (tertiary/aromatic N) is 2. The first-order valence-corrected chi connectivity index (χ1v) is 9.49. The van der Waals surface area contributed by atoms with Crippen molar-refractivity contribution < 1.29 is 19.1 Å². The van der Waals surface area contributed by atoms with Gasteiger partial charge in [0.1, 0.15) is 0 Å². The fourth-order valence-corrected chi connectivity index (χ4v) is 3.30. The SMILES string of the molecule is C=CCNc1nc(C(=O)O[C@@H](C(=O)N2CCOCC2)c2ccccc2)cs1. The Morgan fingerprint density at radius 2 is 2.07 bits per heavy atom. The molecule has 1 fully saturated rings. The fourth-order valence-electron chi connectivity index (χ4n) is 2.61. The summed E-state index contributed by atoms with van der Waals surface area (Å²) < 4.78 is 10.9. The topological polar surface area (TPSA) is 80.8 Å². The number of nitrogens with one attached hydrogen (secondary N) is 1. The van der Waals surface area contributed by atoms with Crippen LogP contribution in [0.1, 0.15) is 22.2 Å². The quantitative estimate of drug-likeness (QED) is 0.581. The average molecular weight is 387 g/mol. The van der Waals surface area contributed by atoms with E-state index in [1.807, 2.05) is 18.2 Å². The largest absolute Gasteiger partial charge is 0.443 e. The zero-order chi connectivity index (χ0) is 19.1. The van der Waals surface area contributed by atoms with Gasteiger partial charge in [0.2, 0.25) is 6.10 Å². The van der Waals surface area contributed by atoms with E-state index in [2.05, 4.69) is 16.9 Å². The minimum Gasteiger partial charge on any atom is -0.443 e. The van der Waals surface area contributed by atoms with Gasteiger partial charge in [-0.2, -0.15) is 0 Å². The lowest BCUT2D eigenvalue weighted by atomic mass is 10.1. The van der Waals surface area contributed by atoms with E-state index in [4.69, 9.17) is 9.47 Å². The van der Waals surface area contributed by atoms with Gasteiger partial charge in [0.25, 0.3) is 5.91 Å². The van der Waals surface area contributed by atoms with Gasteiger partial charge < -0.3 is 19.7 Å². The number of hydrogen-bond acceptors (Lipinski definition) is 7. The number of carbonyl (C=O) groups excluding carboxylic acids is 2. The van der Waals surface area contributed by atoms with Crippen molar-refractivity contribution >= 4 is 28.3 Å². The van der Waals surface area contributed by atoms with Crippen LogP contribution in [-0.4, -0.2) is 54.6 Å². The second kappa shape index (κ2) is 9.29. The van der Waals surface area contributed by atoms with Crippen LogP contribution in [0.5, 0.6) is 0 Å². The lowest BCUT2D eigenvalue weighted by molar-refractivity contribution is -0.145. The molecule has 0 spiro atoms. The van der Waals surface area contributed by atoms with Crippen LogP contribution in [0.15, 0.2) is 48.4 Å². The molecule has 3 rings (SSSR count). The highest BCUT2D eigenvalue weighted by Gasteiger charge is 2.31. The number of morpholine rings is 1. The molecule has 142 valence electrons. The standard InChI is InChI=1S/C19H21N3O4S/c1-2-8-20-19-21-15(13-27-19)18(24)26-16(14-6-4-3-5-7-14)17(23)22-9-11-25-12-10-22/h2-7,13,16H,1,8-12H2,(H,20,21)/t16-/m1/s1. The van der Waals surface area contributed by atoms with Gasteiger partial charge in [0, 0.05) is 30.6 Å². The molecular weight excluding hydrogens is 366 g/mol. The Bertz CT molecular complexity index is 787. The summed E-state index contributed by atoms with van der Waals surface area (Å²) in [7, 11) is 0. The predicted octanol–water partition coefficient (Wildman–Crippen LogP) is 2.50. The maximum atomic E-state index is 13.0. The Hall–Kier alpha value is -2.71. The molecule has 1 aliphatic rings. The lowest BCUT2D eigenvalue weighted by Gasteiger charge is -2.30. The monoisotopic (exact) mass is 387 g/mol. The summed E-state index contributed by atoms with van der Waals surface area (Å²) in [6.07, 6.45) is 0.689. The number of thiazole rings is 1. The molecule has 0 bridgehead atoms. The minimum atomic E-state index is -1.01. The molecule has 1 atom stereocenters. The third kappa shape index (κ3) is 4.93. The number of rotatable bonds is 7. The van der Waals surface area contributed by atoms with E-state index in [1.165, 1.54) is 11.3 Å². The number of anilines is 1. The number of benzene rings is 1. The van der Waals surface area contributed by atoms with Gasteiger partial charge >= 0.3 is 5.97 Å². The fraction of sp³-hybridized carbons (Fsp3) is 0.316. The molecule has 0 radical (unpaired) electrons. The summed E-state index contributed by atoms with van der Waals surface area (Å²) in [6.45, 7) is 6.08. The van der Waals surface area contributed by atoms with Gasteiger partial charge in [-0.25, -0.2) is 9.78 Å². The van der Waals surface area contributed by atoms with Crippen molar-refractivity contribution in [3.05, 3.63) is 59.6 Å². The highest BCUT2D eigenvalue weighted by molar-refractivity contribution is 7.13. The molecule has 1 amide bonds. The van der Waals surface area contributed by atoms with Crippen LogP contribution in [0.2, 0.25) is 0 Å². The Morgan fingerprint density at radius 3 is 2.78 bits per heavy atom. The van der Waals surface area contributed by atoms with E-state index in [-0.39, 0.29) is 11.6 Å². The molecule has 0 unspecified atom stereocenters. The van der Waals surface area contributed by atoms with E-state index in [0.717, 1.165) is 0 Å². The number of esters is 1. The highest BCUT2D eigenvalue weighted by atomic mass is 32.1. The second-order valence-corrected chi connectivity index (χ2v) is 6.70. The minimum absolute atomic E-state index is 0.169. The first-order chi connectivity index (χ1) is 13.2. The summed E-state index contributed by atoms with van der Waals surface area (Å²) in [6, 6.07) is 9.01. The van der Waals surface area contributed by atoms with Gasteiger partial charge in [-0.3, -0.25) is 4.79 Å². The second-order valence-electron chi connectivity index (χ2n) is 5.84. The third-order valence-corrected chi connectivity index (χ3v) is 4.79. The van der Waals surface area contributed by atoms with Crippen LogP contribution in [0.4, 0.5) is 5.13 Å².